The number of ether oxygens (including phenoxy) is 2. The van der Waals surface area contributed by atoms with Crippen molar-refractivity contribution in [1.29, 1.82) is 0 Å². The van der Waals surface area contributed by atoms with Gasteiger partial charge in [0.2, 0.25) is 0 Å². The lowest BCUT2D eigenvalue weighted by molar-refractivity contribution is -0.139. The Kier molecular flexibility index (Phi) is 7.42. The summed E-state index contributed by atoms with van der Waals surface area (Å²) >= 11 is 5.86. The Morgan fingerprint density at radius 2 is 1.75 bits per heavy atom. The van der Waals surface area contributed by atoms with Crippen LogP contribution in [0.3, 0.4) is 0 Å². The topological polar surface area (TPSA) is 111 Å². The van der Waals surface area contributed by atoms with Crippen molar-refractivity contribution in [3.63, 3.8) is 0 Å². The van der Waals surface area contributed by atoms with Gasteiger partial charge in [-0.2, -0.15) is 0 Å². The monoisotopic (exact) mass is 478 g/mol. The fourth-order valence-electron chi connectivity index (χ4n) is 3.34. The second-order valence-electron chi connectivity index (χ2n) is 6.83. The minimum Gasteiger partial charge on any atom is -0.494 e. The van der Waals surface area contributed by atoms with Crippen LogP contribution in [0.5, 0.6) is 5.75 Å². The molecule has 170 valence electrons. The molecule has 0 bridgehead atoms. The molecule has 1 aliphatic rings. The molecule has 1 atom stereocenters. The van der Waals surface area contributed by atoms with Crippen LogP contribution in [0.2, 0.25) is 5.02 Å². The minimum atomic E-state index is -3.91. The molecule has 1 aliphatic heterocycles. The number of esters is 1. The molecule has 0 saturated heterocycles. The molecule has 0 fully saturated rings. The van der Waals surface area contributed by atoms with Crippen LogP contribution in [0.25, 0.3) is 0 Å². The summed E-state index contributed by atoms with van der Waals surface area (Å²) in [6, 6.07) is 11.0. The number of carbonyl (C=O) groups excluding carboxylic acids is 2. The molecule has 0 unspecified atom stereocenters. The van der Waals surface area contributed by atoms with Crippen molar-refractivity contribution in [3.05, 3.63) is 70.4 Å². The molecule has 3 rings (SSSR count). The van der Waals surface area contributed by atoms with Crippen LogP contribution in [0, 0.1) is 0 Å². The van der Waals surface area contributed by atoms with E-state index in [2.05, 4.69) is 10.6 Å². The molecule has 32 heavy (non-hydrogen) atoms. The van der Waals surface area contributed by atoms with Gasteiger partial charge in [-0.15, -0.1) is 0 Å². The molecule has 2 aromatic rings. The lowest BCUT2D eigenvalue weighted by Crippen LogP contribution is -2.47. The van der Waals surface area contributed by atoms with Crippen LogP contribution in [0.15, 0.2) is 64.7 Å². The normalized spacial score (nSPS) is 16.2. The van der Waals surface area contributed by atoms with Crippen molar-refractivity contribution < 1.29 is 27.5 Å². The highest BCUT2D eigenvalue weighted by Gasteiger charge is 2.37. The molecule has 0 aliphatic carbocycles. The van der Waals surface area contributed by atoms with E-state index in [0.29, 0.717) is 22.9 Å². The molecule has 8 nitrogen and oxygen atoms in total. The lowest BCUT2D eigenvalue weighted by Gasteiger charge is -2.30. The predicted molar refractivity (Wildman–Crippen MR) is 119 cm³/mol. The fourth-order valence-corrected chi connectivity index (χ4v) is 4.79. The largest absolute Gasteiger partial charge is 0.494 e. The zero-order valence-corrected chi connectivity index (χ0v) is 19.1. The summed E-state index contributed by atoms with van der Waals surface area (Å²) in [7, 11) is -3.91. The van der Waals surface area contributed by atoms with Crippen molar-refractivity contribution >= 4 is 33.4 Å². The van der Waals surface area contributed by atoms with Crippen molar-refractivity contribution in [2.45, 2.75) is 24.8 Å². The summed E-state index contributed by atoms with van der Waals surface area (Å²) < 4.78 is 36.9. The smallest absolute Gasteiger partial charge is 0.338 e. The second kappa shape index (κ2) is 10.1. The Hall–Kier alpha value is -3.04. The molecule has 2 aromatic carbocycles. The van der Waals surface area contributed by atoms with Crippen molar-refractivity contribution in [2.24, 2.45) is 0 Å². The Balaban J connectivity index is 2.12. The third-order valence-electron chi connectivity index (χ3n) is 4.69. The van der Waals surface area contributed by atoms with E-state index in [9.17, 15) is 18.0 Å². The van der Waals surface area contributed by atoms with E-state index in [4.69, 9.17) is 21.1 Å². The summed E-state index contributed by atoms with van der Waals surface area (Å²) in [6.07, 6.45) is 0. The fraction of sp³-hybridized carbons (Fsp3) is 0.273. The summed E-state index contributed by atoms with van der Waals surface area (Å²) in [5.41, 5.74) is 0.447. The summed E-state index contributed by atoms with van der Waals surface area (Å²) in [4.78, 5) is 25.4. The van der Waals surface area contributed by atoms with Crippen LogP contribution < -0.4 is 15.4 Å². The predicted octanol–water partition coefficient (Wildman–Crippen LogP) is 3.38. The van der Waals surface area contributed by atoms with Gasteiger partial charge in [-0.25, -0.2) is 18.0 Å². The van der Waals surface area contributed by atoms with Crippen molar-refractivity contribution in [2.75, 3.05) is 19.0 Å². The van der Waals surface area contributed by atoms with Crippen LogP contribution >= 0.6 is 11.6 Å². The number of sulfone groups is 1. The average molecular weight is 479 g/mol. The van der Waals surface area contributed by atoms with Gasteiger partial charge in [0.1, 0.15) is 5.75 Å². The second-order valence-corrected chi connectivity index (χ2v) is 9.25. The highest BCUT2D eigenvalue weighted by Crippen LogP contribution is 2.34. The average Bonchev–Trinajstić information content (AvgIpc) is 2.74. The number of hydrogen-bond acceptors (Lipinski definition) is 6. The zero-order chi connectivity index (χ0) is 23.3. The third-order valence-corrected chi connectivity index (χ3v) is 6.60. The molecule has 0 saturated carbocycles. The Bertz CT molecular complexity index is 1150. The molecule has 2 N–H and O–H groups in total. The van der Waals surface area contributed by atoms with Gasteiger partial charge in [-0.1, -0.05) is 29.8 Å². The number of halogens is 1. The maximum atomic E-state index is 13.0. The minimum absolute atomic E-state index is 0.00357. The molecule has 1 heterocycles. The Labute approximate surface area is 191 Å². The summed E-state index contributed by atoms with van der Waals surface area (Å²) in [5, 5.41) is 5.55. The first-order chi connectivity index (χ1) is 15.3. The van der Waals surface area contributed by atoms with Crippen LogP contribution in [0.1, 0.15) is 25.5 Å². The SMILES string of the molecule is CCOC(=O)C1=C(CS(=O)(=O)c2ccc(Cl)cc2)NC(=O)N[C@H]1c1ccccc1OCC. The number of para-hydroxylation sites is 1. The van der Waals surface area contributed by atoms with Gasteiger partial charge >= 0.3 is 12.0 Å². The molecule has 0 radical (unpaired) electrons. The van der Waals surface area contributed by atoms with Crippen molar-refractivity contribution in [3.8, 4) is 5.75 Å². The number of carbonyl (C=O) groups is 2. The maximum Gasteiger partial charge on any atom is 0.338 e. The number of amides is 2. The van der Waals surface area contributed by atoms with Gasteiger partial charge < -0.3 is 20.1 Å². The number of urea groups is 1. The highest BCUT2D eigenvalue weighted by atomic mass is 35.5. The Morgan fingerprint density at radius 1 is 1.06 bits per heavy atom. The van der Waals surface area contributed by atoms with Gasteiger partial charge in [0, 0.05) is 16.3 Å². The highest BCUT2D eigenvalue weighted by molar-refractivity contribution is 7.91. The number of nitrogens with one attached hydrogen (secondary N) is 2. The standard InChI is InChI=1S/C22H23ClN2O6S/c1-3-30-18-8-6-5-7-16(18)20-19(21(26)31-4-2)17(24-22(27)25-20)13-32(28,29)15-11-9-14(23)10-12-15/h5-12,20H,3-4,13H2,1-2H3,(H2,24,25,27)/t20-/m0/s1. The molecular formula is C22H23ClN2O6S. The first-order valence-electron chi connectivity index (χ1n) is 9.94. The maximum absolute atomic E-state index is 13.0. The number of benzene rings is 2. The van der Waals surface area contributed by atoms with E-state index in [-0.39, 0.29) is 22.8 Å². The molecule has 0 aromatic heterocycles. The quantitative estimate of drug-likeness (QED) is 0.563. The van der Waals surface area contributed by atoms with Gasteiger partial charge in [0.25, 0.3) is 0 Å². The van der Waals surface area contributed by atoms with Gasteiger partial charge in [-0.3, -0.25) is 0 Å². The first kappa shape index (κ1) is 23.6. The Morgan fingerprint density at radius 3 is 2.41 bits per heavy atom. The van der Waals surface area contributed by atoms with E-state index in [0.717, 1.165) is 0 Å². The summed E-state index contributed by atoms with van der Waals surface area (Å²) in [6.45, 7) is 3.89. The van der Waals surface area contributed by atoms with E-state index < -0.39 is 33.6 Å². The molecular weight excluding hydrogens is 456 g/mol. The third kappa shape index (κ3) is 5.23. The van der Waals surface area contributed by atoms with E-state index >= 15 is 0 Å². The summed E-state index contributed by atoms with van der Waals surface area (Å²) in [5.74, 6) is -0.884. The number of hydrogen-bond donors (Lipinski definition) is 2. The van der Waals surface area contributed by atoms with Crippen LogP contribution in [-0.4, -0.2) is 39.4 Å². The first-order valence-corrected chi connectivity index (χ1v) is 12.0. The lowest BCUT2D eigenvalue weighted by atomic mass is 9.95. The van der Waals surface area contributed by atoms with Crippen LogP contribution in [0.4, 0.5) is 4.79 Å². The molecule has 0 spiro atoms. The molecule has 10 heteroatoms. The van der Waals surface area contributed by atoms with E-state index in [1.165, 1.54) is 24.3 Å². The van der Waals surface area contributed by atoms with Gasteiger partial charge in [-0.05, 0) is 44.2 Å². The molecule has 2 amide bonds. The zero-order valence-electron chi connectivity index (χ0n) is 17.6. The van der Waals surface area contributed by atoms with Crippen LogP contribution in [-0.2, 0) is 19.4 Å². The van der Waals surface area contributed by atoms with E-state index in [1.54, 1.807) is 31.2 Å². The van der Waals surface area contributed by atoms with Gasteiger partial charge in [0.15, 0.2) is 9.84 Å². The van der Waals surface area contributed by atoms with Crippen molar-refractivity contribution in [1.82, 2.24) is 10.6 Å². The van der Waals surface area contributed by atoms with E-state index in [1.807, 2.05) is 6.92 Å². The number of rotatable bonds is 8. The van der Waals surface area contributed by atoms with Gasteiger partial charge in [0.05, 0.1) is 35.5 Å².